The molecule has 1 aromatic rings. The molecule has 2 rings (SSSR count). The third-order valence-electron chi connectivity index (χ3n) is 3.04. The topological polar surface area (TPSA) is 50.4 Å². The van der Waals surface area contributed by atoms with Gasteiger partial charge in [-0.1, -0.05) is 0 Å². The second-order valence-electron chi connectivity index (χ2n) is 4.41. The summed E-state index contributed by atoms with van der Waals surface area (Å²) in [5.41, 5.74) is 0.433. The van der Waals surface area contributed by atoms with E-state index >= 15 is 0 Å². The zero-order valence-electron chi connectivity index (χ0n) is 10.3. The van der Waals surface area contributed by atoms with Crippen LogP contribution in [0.25, 0.3) is 0 Å². The van der Waals surface area contributed by atoms with Crippen molar-refractivity contribution in [2.24, 2.45) is 5.92 Å². The van der Waals surface area contributed by atoms with Crippen LogP contribution in [0.15, 0.2) is 18.2 Å². The number of halogens is 1. The summed E-state index contributed by atoms with van der Waals surface area (Å²) in [6, 6.07) is 4.17. The van der Waals surface area contributed by atoms with Crippen molar-refractivity contribution >= 4 is 11.6 Å². The number of nitrogens with one attached hydrogen (secondary N) is 2. The number of rotatable bonds is 3. The van der Waals surface area contributed by atoms with Gasteiger partial charge in [0.15, 0.2) is 0 Å². The van der Waals surface area contributed by atoms with Crippen molar-refractivity contribution in [3.05, 3.63) is 24.0 Å². The average molecular weight is 252 g/mol. The van der Waals surface area contributed by atoms with E-state index in [2.05, 4.69) is 10.6 Å². The molecular weight excluding hydrogens is 235 g/mol. The first kappa shape index (κ1) is 12.8. The normalized spacial score (nSPS) is 19.3. The van der Waals surface area contributed by atoms with E-state index in [1.54, 1.807) is 6.07 Å². The molecule has 98 valence electrons. The Labute approximate surface area is 106 Å². The number of piperidine rings is 1. The van der Waals surface area contributed by atoms with Crippen molar-refractivity contribution in [2.75, 3.05) is 25.5 Å². The lowest BCUT2D eigenvalue weighted by molar-refractivity contribution is -0.120. The summed E-state index contributed by atoms with van der Waals surface area (Å²) in [5.74, 6) is -0.152. The predicted molar refractivity (Wildman–Crippen MR) is 67.2 cm³/mol. The standard InChI is InChI=1S/C13H17FN2O2/c1-18-12-6-10(14)5-11(7-12)16-13(17)9-3-2-4-15-8-9/h5-7,9,15H,2-4,8H2,1H3,(H,16,17). The highest BCUT2D eigenvalue weighted by molar-refractivity contribution is 5.92. The zero-order valence-corrected chi connectivity index (χ0v) is 10.3. The fourth-order valence-corrected chi connectivity index (χ4v) is 2.07. The van der Waals surface area contributed by atoms with Crippen molar-refractivity contribution in [3.8, 4) is 5.75 Å². The minimum atomic E-state index is -0.425. The van der Waals surface area contributed by atoms with Gasteiger partial charge in [-0.05, 0) is 25.5 Å². The molecule has 0 saturated carbocycles. The van der Waals surface area contributed by atoms with Gasteiger partial charge in [0.1, 0.15) is 11.6 Å². The monoisotopic (exact) mass is 252 g/mol. The van der Waals surface area contributed by atoms with Gasteiger partial charge in [0.2, 0.25) is 5.91 Å². The maximum Gasteiger partial charge on any atom is 0.228 e. The predicted octanol–water partition coefficient (Wildman–Crippen LogP) is 1.77. The number of anilines is 1. The van der Waals surface area contributed by atoms with Crippen LogP contribution in [0.4, 0.5) is 10.1 Å². The van der Waals surface area contributed by atoms with E-state index < -0.39 is 5.82 Å². The van der Waals surface area contributed by atoms with E-state index in [9.17, 15) is 9.18 Å². The SMILES string of the molecule is COc1cc(F)cc(NC(=O)C2CCCNC2)c1. The molecule has 4 nitrogen and oxygen atoms in total. The van der Waals surface area contributed by atoms with Gasteiger partial charge < -0.3 is 15.4 Å². The Morgan fingerprint density at radius 1 is 1.50 bits per heavy atom. The van der Waals surface area contributed by atoms with Gasteiger partial charge >= 0.3 is 0 Å². The van der Waals surface area contributed by atoms with Gasteiger partial charge in [-0.3, -0.25) is 4.79 Å². The van der Waals surface area contributed by atoms with E-state index in [0.717, 1.165) is 19.4 Å². The molecule has 0 spiro atoms. The molecule has 1 heterocycles. The smallest absolute Gasteiger partial charge is 0.228 e. The molecule has 18 heavy (non-hydrogen) atoms. The van der Waals surface area contributed by atoms with Gasteiger partial charge in [-0.2, -0.15) is 0 Å². The number of ether oxygens (including phenoxy) is 1. The summed E-state index contributed by atoms with van der Waals surface area (Å²) in [5, 5.41) is 5.90. The van der Waals surface area contributed by atoms with Crippen LogP contribution in [0.1, 0.15) is 12.8 Å². The fourth-order valence-electron chi connectivity index (χ4n) is 2.07. The van der Waals surface area contributed by atoms with Crippen LogP contribution in [0.2, 0.25) is 0 Å². The molecule has 0 aliphatic carbocycles. The van der Waals surface area contributed by atoms with Crippen molar-refractivity contribution in [3.63, 3.8) is 0 Å². The zero-order chi connectivity index (χ0) is 13.0. The summed E-state index contributed by atoms with van der Waals surface area (Å²) in [6.45, 7) is 1.63. The molecule has 0 radical (unpaired) electrons. The van der Waals surface area contributed by atoms with E-state index in [1.807, 2.05) is 0 Å². The summed E-state index contributed by atoms with van der Waals surface area (Å²) in [4.78, 5) is 12.0. The molecule has 1 unspecified atom stereocenters. The number of carbonyl (C=O) groups excluding carboxylic acids is 1. The van der Waals surface area contributed by atoms with E-state index in [-0.39, 0.29) is 11.8 Å². The van der Waals surface area contributed by atoms with Crippen molar-refractivity contribution in [2.45, 2.75) is 12.8 Å². The highest BCUT2D eigenvalue weighted by Gasteiger charge is 2.21. The summed E-state index contributed by atoms with van der Waals surface area (Å²) in [6.07, 6.45) is 1.86. The highest BCUT2D eigenvalue weighted by Crippen LogP contribution is 2.21. The molecule has 1 saturated heterocycles. The second-order valence-corrected chi connectivity index (χ2v) is 4.41. The molecule has 0 aromatic heterocycles. The van der Waals surface area contributed by atoms with Gasteiger partial charge in [0.05, 0.1) is 13.0 Å². The molecule has 1 amide bonds. The lowest BCUT2D eigenvalue weighted by Crippen LogP contribution is -2.37. The molecule has 2 N–H and O–H groups in total. The number of benzene rings is 1. The Hall–Kier alpha value is -1.62. The van der Waals surface area contributed by atoms with Crippen LogP contribution in [0, 0.1) is 11.7 Å². The third-order valence-corrected chi connectivity index (χ3v) is 3.04. The van der Waals surface area contributed by atoms with Crippen LogP contribution >= 0.6 is 0 Å². The van der Waals surface area contributed by atoms with E-state index in [1.165, 1.54) is 19.2 Å². The van der Waals surface area contributed by atoms with Gasteiger partial charge in [-0.25, -0.2) is 4.39 Å². The minimum Gasteiger partial charge on any atom is -0.497 e. The summed E-state index contributed by atoms with van der Waals surface area (Å²) < 4.78 is 18.2. The van der Waals surface area contributed by atoms with Crippen molar-refractivity contribution < 1.29 is 13.9 Å². The molecule has 1 aliphatic rings. The highest BCUT2D eigenvalue weighted by atomic mass is 19.1. The van der Waals surface area contributed by atoms with Crippen LogP contribution in [-0.4, -0.2) is 26.1 Å². The molecule has 1 atom stereocenters. The summed E-state index contributed by atoms with van der Waals surface area (Å²) >= 11 is 0. The molecular formula is C13H17FN2O2. The van der Waals surface area contributed by atoms with Gasteiger partial charge in [-0.15, -0.1) is 0 Å². The number of methoxy groups -OCH3 is 1. The quantitative estimate of drug-likeness (QED) is 0.862. The first-order chi connectivity index (χ1) is 8.69. The minimum absolute atomic E-state index is 0.0481. The Balaban J connectivity index is 2.03. The fraction of sp³-hybridized carbons (Fsp3) is 0.462. The average Bonchev–Trinajstić information content (AvgIpc) is 2.39. The maximum atomic E-state index is 13.3. The Morgan fingerprint density at radius 2 is 2.33 bits per heavy atom. The first-order valence-corrected chi connectivity index (χ1v) is 6.05. The number of carbonyl (C=O) groups is 1. The lowest BCUT2D eigenvalue weighted by Gasteiger charge is -2.22. The largest absolute Gasteiger partial charge is 0.497 e. The third kappa shape index (κ3) is 3.20. The Bertz CT molecular complexity index is 431. The Morgan fingerprint density at radius 3 is 3.00 bits per heavy atom. The molecule has 1 aromatic carbocycles. The van der Waals surface area contributed by atoms with Crippen LogP contribution in [0.3, 0.4) is 0 Å². The van der Waals surface area contributed by atoms with E-state index in [4.69, 9.17) is 4.74 Å². The Kier molecular flexibility index (Phi) is 4.15. The lowest BCUT2D eigenvalue weighted by atomic mass is 9.99. The molecule has 5 heteroatoms. The first-order valence-electron chi connectivity index (χ1n) is 6.05. The van der Waals surface area contributed by atoms with Crippen LogP contribution in [-0.2, 0) is 4.79 Å². The number of amides is 1. The van der Waals surface area contributed by atoms with E-state index in [0.29, 0.717) is 18.0 Å². The maximum absolute atomic E-state index is 13.3. The van der Waals surface area contributed by atoms with Crippen LogP contribution in [0.5, 0.6) is 5.75 Å². The van der Waals surface area contributed by atoms with Gasteiger partial charge in [0.25, 0.3) is 0 Å². The van der Waals surface area contributed by atoms with Crippen LogP contribution < -0.4 is 15.4 Å². The van der Waals surface area contributed by atoms with Gasteiger partial charge in [0, 0.05) is 24.4 Å². The molecule has 1 fully saturated rings. The molecule has 1 aliphatic heterocycles. The number of hydrogen-bond donors (Lipinski definition) is 2. The van der Waals surface area contributed by atoms with Crippen molar-refractivity contribution in [1.29, 1.82) is 0 Å². The number of hydrogen-bond acceptors (Lipinski definition) is 3. The second kappa shape index (κ2) is 5.82. The summed E-state index contributed by atoms with van der Waals surface area (Å²) in [7, 11) is 1.46. The molecule has 0 bridgehead atoms. The van der Waals surface area contributed by atoms with Crippen molar-refractivity contribution in [1.82, 2.24) is 5.32 Å².